The maximum atomic E-state index is 12.8. The highest BCUT2D eigenvalue weighted by Crippen LogP contribution is 2.43. The minimum atomic E-state index is -0.313. The molecule has 0 bridgehead atoms. The van der Waals surface area contributed by atoms with Gasteiger partial charge in [-0.3, -0.25) is 9.59 Å². The number of carbonyl (C=O) groups excluding carboxylic acids is 2. The van der Waals surface area contributed by atoms with Crippen LogP contribution in [-0.4, -0.2) is 39.4 Å². The topological polar surface area (TPSA) is 71.1 Å². The van der Waals surface area contributed by atoms with Crippen LogP contribution in [0.4, 0.5) is 0 Å². The zero-order chi connectivity index (χ0) is 29.3. The Balaban J connectivity index is 1.42. The van der Waals surface area contributed by atoms with E-state index in [1.54, 1.807) is 0 Å². The number of benzene rings is 3. The molecule has 6 nitrogen and oxygen atoms in total. The van der Waals surface area contributed by atoms with Crippen molar-refractivity contribution in [2.24, 2.45) is 23.7 Å². The van der Waals surface area contributed by atoms with Gasteiger partial charge in [0.05, 0.1) is 26.1 Å². The van der Waals surface area contributed by atoms with Gasteiger partial charge in [-0.15, -0.1) is 0 Å². The molecular formula is C36H46O6. The Kier molecular flexibility index (Phi) is 10.6. The van der Waals surface area contributed by atoms with E-state index in [-0.39, 0.29) is 37.0 Å². The Morgan fingerprint density at radius 1 is 0.595 bits per heavy atom. The number of ether oxygens (including phenoxy) is 4. The number of hydrogen-bond acceptors (Lipinski definition) is 6. The molecule has 3 aromatic rings. The van der Waals surface area contributed by atoms with Crippen LogP contribution in [0, 0.1) is 23.7 Å². The highest BCUT2D eigenvalue weighted by molar-refractivity contribution is 6.11. The molecule has 2 fully saturated rings. The van der Waals surface area contributed by atoms with Crippen LogP contribution in [0.2, 0.25) is 0 Å². The second-order valence-electron chi connectivity index (χ2n) is 12.3. The molecule has 226 valence electrons. The van der Waals surface area contributed by atoms with E-state index in [2.05, 4.69) is 0 Å². The molecule has 0 heterocycles. The van der Waals surface area contributed by atoms with Crippen molar-refractivity contribution < 1.29 is 28.5 Å². The molecule has 2 aliphatic carbocycles. The van der Waals surface area contributed by atoms with Gasteiger partial charge in [-0.2, -0.15) is 0 Å². The third-order valence-corrected chi connectivity index (χ3v) is 9.44. The van der Waals surface area contributed by atoms with E-state index in [0.29, 0.717) is 11.8 Å². The van der Waals surface area contributed by atoms with E-state index in [1.807, 2.05) is 48.5 Å². The molecule has 2 saturated carbocycles. The molecular weight excluding hydrogens is 528 g/mol. The normalized spacial score (nSPS) is 18.0. The molecule has 2 atom stereocenters. The van der Waals surface area contributed by atoms with Gasteiger partial charge in [0.25, 0.3) is 0 Å². The van der Waals surface area contributed by atoms with Gasteiger partial charge >= 0.3 is 11.9 Å². The van der Waals surface area contributed by atoms with E-state index < -0.39 is 0 Å². The third-order valence-electron chi connectivity index (χ3n) is 9.44. The van der Waals surface area contributed by atoms with E-state index in [9.17, 15) is 9.59 Å². The Labute approximate surface area is 250 Å². The second kappa shape index (κ2) is 14.8. The fourth-order valence-corrected chi connectivity index (χ4v) is 7.18. The number of hydrogen-bond donors (Lipinski definition) is 0. The van der Waals surface area contributed by atoms with Gasteiger partial charge < -0.3 is 18.9 Å². The highest BCUT2D eigenvalue weighted by atomic mass is 16.5. The molecule has 0 amide bonds. The van der Waals surface area contributed by atoms with Crippen LogP contribution < -0.4 is 9.47 Å². The molecule has 3 aromatic carbocycles. The van der Waals surface area contributed by atoms with E-state index in [0.717, 1.165) is 45.9 Å². The summed E-state index contributed by atoms with van der Waals surface area (Å²) in [6.07, 6.45) is 13.7. The standard InChI is InChI=1S/C36H46O6/c1-39-35(37)27(21-25-13-5-3-6-14-25)23-41-33-29-17-9-11-19-31(29)34(32-20-12-10-18-30(32)33)42-24-28(36(38)40-2)22-26-15-7-4-8-16-26/h9-12,17-20,25-28H,3-8,13-16,21-24H2,1-2H3. The summed E-state index contributed by atoms with van der Waals surface area (Å²) >= 11 is 0. The smallest absolute Gasteiger partial charge is 0.312 e. The molecule has 2 unspecified atom stereocenters. The van der Waals surface area contributed by atoms with Crippen molar-refractivity contribution in [3.8, 4) is 11.5 Å². The summed E-state index contributed by atoms with van der Waals surface area (Å²) in [5.74, 6) is 1.52. The van der Waals surface area contributed by atoms with Crippen LogP contribution in [0.5, 0.6) is 11.5 Å². The van der Waals surface area contributed by atoms with Crippen molar-refractivity contribution in [2.45, 2.75) is 77.0 Å². The van der Waals surface area contributed by atoms with Gasteiger partial charge in [-0.1, -0.05) is 113 Å². The number of rotatable bonds is 12. The molecule has 6 heteroatoms. The first kappa shape index (κ1) is 30.2. The molecule has 0 saturated heterocycles. The number of fused-ring (bicyclic) bond motifs is 2. The highest BCUT2D eigenvalue weighted by Gasteiger charge is 2.29. The first-order chi connectivity index (χ1) is 20.6. The van der Waals surface area contributed by atoms with E-state index in [4.69, 9.17) is 18.9 Å². The summed E-state index contributed by atoms with van der Waals surface area (Å²) in [6, 6.07) is 16.1. The van der Waals surface area contributed by atoms with Crippen LogP contribution in [-0.2, 0) is 19.1 Å². The largest absolute Gasteiger partial charge is 0.491 e. The summed E-state index contributed by atoms with van der Waals surface area (Å²) in [6.45, 7) is 0.534. The maximum Gasteiger partial charge on any atom is 0.312 e. The van der Waals surface area contributed by atoms with Crippen molar-refractivity contribution in [3.63, 3.8) is 0 Å². The zero-order valence-corrected chi connectivity index (χ0v) is 25.3. The molecule has 0 aliphatic heterocycles. The molecule has 0 spiro atoms. The average Bonchev–Trinajstić information content (AvgIpc) is 3.05. The summed E-state index contributed by atoms with van der Waals surface area (Å²) in [4.78, 5) is 25.6. The maximum absolute atomic E-state index is 12.8. The number of esters is 2. The first-order valence-electron chi connectivity index (χ1n) is 15.9. The van der Waals surface area contributed by atoms with Crippen LogP contribution in [0.15, 0.2) is 48.5 Å². The van der Waals surface area contributed by atoms with Crippen LogP contribution >= 0.6 is 0 Å². The van der Waals surface area contributed by atoms with Crippen LogP contribution in [0.25, 0.3) is 21.5 Å². The molecule has 0 radical (unpaired) electrons. The summed E-state index contributed by atoms with van der Waals surface area (Å²) in [7, 11) is 2.92. The lowest BCUT2D eigenvalue weighted by Gasteiger charge is -2.26. The molecule has 2 aliphatic rings. The molecule has 42 heavy (non-hydrogen) atoms. The van der Waals surface area contributed by atoms with Crippen LogP contribution in [0.1, 0.15) is 77.0 Å². The average molecular weight is 575 g/mol. The fourth-order valence-electron chi connectivity index (χ4n) is 7.18. The van der Waals surface area contributed by atoms with Gasteiger partial charge in [-0.25, -0.2) is 0 Å². The molecule has 5 rings (SSSR count). The fraction of sp³-hybridized carbons (Fsp3) is 0.556. The van der Waals surface area contributed by atoms with Gasteiger partial charge in [0.15, 0.2) is 0 Å². The Hall–Kier alpha value is -3.28. The third kappa shape index (κ3) is 7.19. The monoisotopic (exact) mass is 574 g/mol. The Morgan fingerprint density at radius 3 is 1.24 bits per heavy atom. The second-order valence-corrected chi connectivity index (χ2v) is 12.3. The Bertz CT molecular complexity index is 1180. The molecule has 0 N–H and O–H groups in total. The predicted molar refractivity (Wildman–Crippen MR) is 166 cm³/mol. The lowest BCUT2D eigenvalue weighted by atomic mass is 9.83. The van der Waals surface area contributed by atoms with Crippen LogP contribution in [0.3, 0.4) is 0 Å². The SMILES string of the molecule is COC(=O)C(COc1c2ccccc2c(OCC(CC2CCCCC2)C(=O)OC)c2ccccc12)CC1CCCCC1. The lowest BCUT2D eigenvalue weighted by molar-refractivity contribution is -0.148. The van der Waals surface area contributed by atoms with E-state index >= 15 is 0 Å². The van der Waals surface area contributed by atoms with Crippen molar-refractivity contribution in [1.29, 1.82) is 0 Å². The minimum absolute atomic E-state index is 0.207. The van der Waals surface area contributed by atoms with Crippen molar-refractivity contribution in [1.82, 2.24) is 0 Å². The van der Waals surface area contributed by atoms with Crippen molar-refractivity contribution in [3.05, 3.63) is 48.5 Å². The minimum Gasteiger partial charge on any atom is -0.491 e. The van der Waals surface area contributed by atoms with Crippen molar-refractivity contribution in [2.75, 3.05) is 27.4 Å². The van der Waals surface area contributed by atoms with Gasteiger partial charge in [0, 0.05) is 21.5 Å². The molecule has 0 aromatic heterocycles. The van der Waals surface area contributed by atoms with Gasteiger partial charge in [0.2, 0.25) is 0 Å². The van der Waals surface area contributed by atoms with Gasteiger partial charge in [0.1, 0.15) is 24.7 Å². The van der Waals surface area contributed by atoms with Crippen molar-refractivity contribution >= 4 is 33.5 Å². The number of carbonyl (C=O) groups is 2. The number of methoxy groups -OCH3 is 2. The summed E-state index contributed by atoms with van der Waals surface area (Å²) < 4.78 is 23.5. The first-order valence-corrected chi connectivity index (χ1v) is 15.9. The summed E-state index contributed by atoms with van der Waals surface area (Å²) in [5.41, 5.74) is 0. The zero-order valence-electron chi connectivity index (χ0n) is 25.3. The quantitative estimate of drug-likeness (QED) is 0.160. The van der Waals surface area contributed by atoms with E-state index in [1.165, 1.54) is 78.4 Å². The lowest BCUT2D eigenvalue weighted by Crippen LogP contribution is -2.27. The summed E-state index contributed by atoms with van der Waals surface area (Å²) in [5, 5.41) is 3.70. The van der Waals surface area contributed by atoms with Gasteiger partial charge in [-0.05, 0) is 24.7 Å². The predicted octanol–water partition coefficient (Wildman–Crippen LogP) is 8.27. The Morgan fingerprint density at radius 2 is 0.929 bits per heavy atom.